The van der Waals surface area contributed by atoms with Crippen LogP contribution in [0.15, 0.2) is 30.6 Å². The first-order valence-corrected chi connectivity index (χ1v) is 9.47. The van der Waals surface area contributed by atoms with Gasteiger partial charge in [0, 0.05) is 33.2 Å². The molecule has 1 fully saturated rings. The molecule has 30 heavy (non-hydrogen) atoms. The number of nitrogens with zero attached hydrogens (tertiary/aromatic N) is 5. The number of esters is 1. The van der Waals surface area contributed by atoms with Crippen LogP contribution in [-0.2, 0) is 9.47 Å². The van der Waals surface area contributed by atoms with Crippen molar-refractivity contribution in [2.75, 3.05) is 63.8 Å². The van der Waals surface area contributed by atoms with Crippen molar-refractivity contribution in [3.05, 3.63) is 46.3 Å². The zero-order valence-corrected chi connectivity index (χ0v) is 16.9. The van der Waals surface area contributed by atoms with Gasteiger partial charge in [-0.25, -0.2) is 14.8 Å². The maximum absolute atomic E-state index is 12.1. The lowest BCUT2D eigenvalue weighted by Gasteiger charge is -2.26. The summed E-state index contributed by atoms with van der Waals surface area (Å²) in [6.45, 7) is 4.21. The van der Waals surface area contributed by atoms with Gasteiger partial charge in [-0.1, -0.05) is 12.1 Å². The minimum atomic E-state index is -0.544. The van der Waals surface area contributed by atoms with Crippen molar-refractivity contribution in [1.29, 1.82) is 0 Å². The molecule has 0 atom stereocenters. The van der Waals surface area contributed by atoms with Crippen LogP contribution in [0, 0.1) is 10.1 Å². The molecular weight excluding hydrogens is 392 g/mol. The molecule has 0 unspecified atom stereocenters. The highest BCUT2D eigenvalue weighted by molar-refractivity contribution is 5.97. The third-order valence-electron chi connectivity index (χ3n) is 4.80. The van der Waals surface area contributed by atoms with Crippen LogP contribution in [0.5, 0.6) is 0 Å². The number of benzene rings is 1. The molecular formula is C19H24N6O5. The zero-order valence-electron chi connectivity index (χ0n) is 16.9. The molecule has 0 radical (unpaired) electrons. The summed E-state index contributed by atoms with van der Waals surface area (Å²) in [5, 5.41) is 14.9. The highest BCUT2D eigenvalue weighted by Gasteiger charge is 2.28. The van der Waals surface area contributed by atoms with Gasteiger partial charge in [0.2, 0.25) is 11.6 Å². The van der Waals surface area contributed by atoms with Crippen molar-refractivity contribution in [2.45, 2.75) is 0 Å². The Kier molecular flexibility index (Phi) is 7.09. The Balaban J connectivity index is 1.85. The van der Waals surface area contributed by atoms with Gasteiger partial charge in [-0.2, -0.15) is 0 Å². The molecule has 0 saturated carbocycles. The van der Waals surface area contributed by atoms with Gasteiger partial charge in [0.1, 0.15) is 6.33 Å². The van der Waals surface area contributed by atoms with E-state index in [-0.39, 0.29) is 22.9 Å². The fraction of sp³-hybridized carbons (Fsp3) is 0.421. The number of aromatic nitrogens is 2. The number of methoxy groups -OCH3 is 1. The van der Waals surface area contributed by atoms with Gasteiger partial charge in [-0.05, 0) is 12.1 Å². The smallest absolute Gasteiger partial charge is 0.353 e. The molecule has 2 aromatic rings. The molecule has 1 N–H and O–H groups in total. The average Bonchev–Trinajstić information content (AvgIpc) is 2.78. The second-order valence-corrected chi connectivity index (χ2v) is 6.60. The molecule has 0 bridgehead atoms. The number of rotatable bonds is 8. The van der Waals surface area contributed by atoms with E-state index in [2.05, 4.69) is 20.2 Å². The molecule has 11 nitrogen and oxygen atoms in total. The van der Waals surface area contributed by atoms with E-state index in [1.807, 2.05) is 0 Å². The Morgan fingerprint density at radius 1 is 1.33 bits per heavy atom. The van der Waals surface area contributed by atoms with Crippen molar-refractivity contribution >= 4 is 29.0 Å². The number of nitro groups is 1. The van der Waals surface area contributed by atoms with Crippen LogP contribution >= 0.6 is 0 Å². The van der Waals surface area contributed by atoms with Crippen LogP contribution in [0.25, 0.3) is 0 Å². The Hall–Kier alpha value is -3.31. The number of hydrogen-bond acceptors (Lipinski definition) is 10. The lowest BCUT2D eigenvalue weighted by Crippen LogP contribution is -2.39. The first kappa shape index (κ1) is 21.4. The topological polar surface area (TPSA) is 123 Å². The van der Waals surface area contributed by atoms with E-state index >= 15 is 0 Å². The van der Waals surface area contributed by atoms with E-state index in [1.165, 1.54) is 18.3 Å². The minimum absolute atomic E-state index is 0.0697. The van der Waals surface area contributed by atoms with E-state index in [1.54, 1.807) is 31.3 Å². The SMILES string of the molecule is COC(=O)c1ccccc1N(C)c1ncnc(NCCN2CCOCC2)c1[N+](=O)[O-]. The lowest BCUT2D eigenvalue weighted by molar-refractivity contribution is -0.383. The van der Waals surface area contributed by atoms with Crippen LogP contribution in [0.1, 0.15) is 10.4 Å². The van der Waals surface area contributed by atoms with Gasteiger partial charge < -0.3 is 19.7 Å². The van der Waals surface area contributed by atoms with Gasteiger partial charge in [0.05, 0.1) is 36.5 Å². The van der Waals surface area contributed by atoms with Gasteiger partial charge in [0.25, 0.3) is 0 Å². The molecule has 11 heteroatoms. The number of anilines is 3. The predicted molar refractivity (Wildman–Crippen MR) is 110 cm³/mol. The molecule has 160 valence electrons. The molecule has 0 aliphatic carbocycles. The Morgan fingerprint density at radius 2 is 2.07 bits per heavy atom. The molecule has 1 aromatic carbocycles. The predicted octanol–water partition coefficient (Wildman–Crippen LogP) is 1.68. The van der Waals surface area contributed by atoms with Gasteiger partial charge in [-0.15, -0.1) is 0 Å². The van der Waals surface area contributed by atoms with E-state index in [0.717, 1.165) is 13.1 Å². The molecule has 0 spiro atoms. The van der Waals surface area contributed by atoms with Crippen LogP contribution in [0.2, 0.25) is 0 Å². The maximum atomic E-state index is 12.1. The third-order valence-corrected chi connectivity index (χ3v) is 4.80. The van der Waals surface area contributed by atoms with Crippen molar-refractivity contribution in [2.24, 2.45) is 0 Å². The molecule has 1 aliphatic heterocycles. The van der Waals surface area contributed by atoms with Crippen LogP contribution in [0.4, 0.5) is 23.0 Å². The Morgan fingerprint density at radius 3 is 2.77 bits per heavy atom. The number of nitrogens with one attached hydrogen (secondary N) is 1. The summed E-state index contributed by atoms with van der Waals surface area (Å²) in [5.41, 5.74) is 0.448. The highest BCUT2D eigenvalue weighted by Crippen LogP contribution is 2.36. The number of ether oxygens (including phenoxy) is 2. The summed E-state index contributed by atoms with van der Waals surface area (Å²) in [5.74, 6) is -0.348. The summed E-state index contributed by atoms with van der Waals surface area (Å²) < 4.78 is 10.1. The van der Waals surface area contributed by atoms with E-state index in [9.17, 15) is 14.9 Å². The van der Waals surface area contributed by atoms with Crippen molar-refractivity contribution in [3.8, 4) is 0 Å². The highest BCUT2D eigenvalue weighted by atomic mass is 16.6. The fourth-order valence-corrected chi connectivity index (χ4v) is 3.23. The standard InChI is InChI=1S/C19H24N6O5/c1-23(15-6-4-3-5-14(15)19(26)29-2)18-16(25(27)28)17(21-13-22-18)20-7-8-24-9-11-30-12-10-24/h3-6,13H,7-12H2,1-2H3,(H,20,21,22). The number of para-hydroxylation sites is 1. The van der Waals surface area contributed by atoms with Gasteiger partial charge in [-0.3, -0.25) is 15.0 Å². The van der Waals surface area contributed by atoms with Crippen LogP contribution in [0.3, 0.4) is 0 Å². The molecule has 1 aromatic heterocycles. The number of morpholine rings is 1. The van der Waals surface area contributed by atoms with E-state index in [4.69, 9.17) is 9.47 Å². The molecule has 1 saturated heterocycles. The van der Waals surface area contributed by atoms with Gasteiger partial charge in [0.15, 0.2) is 0 Å². The normalized spacial score (nSPS) is 14.2. The average molecular weight is 416 g/mol. The number of carbonyl (C=O) groups excluding carboxylic acids is 1. The summed E-state index contributed by atoms with van der Waals surface area (Å²) in [4.78, 5) is 35.3. The fourth-order valence-electron chi connectivity index (χ4n) is 3.23. The summed E-state index contributed by atoms with van der Waals surface area (Å²) in [6.07, 6.45) is 1.26. The first-order chi connectivity index (χ1) is 14.5. The maximum Gasteiger partial charge on any atom is 0.353 e. The quantitative estimate of drug-likeness (QED) is 0.386. The minimum Gasteiger partial charge on any atom is -0.465 e. The monoisotopic (exact) mass is 416 g/mol. The molecule has 2 heterocycles. The van der Waals surface area contributed by atoms with Crippen molar-refractivity contribution in [1.82, 2.24) is 14.9 Å². The van der Waals surface area contributed by atoms with Crippen molar-refractivity contribution < 1.29 is 19.2 Å². The van der Waals surface area contributed by atoms with Crippen molar-refractivity contribution in [3.63, 3.8) is 0 Å². The molecule has 1 aliphatic rings. The van der Waals surface area contributed by atoms with Crippen LogP contribution in [-0.4, -0.2) is 79.3 Å². The second-order valence-electron chi connectivity index (χ2n) is 6.60. The first-order valence-electron chi connectivity index (χ1n) is 9.47. The number of carbonyl (C=O) groups is 1. The Bertz CT molecular complexity index is 903. The summed E-state index contributed by atoms with van der Waals surface area (Å²) in [6, 6.07) is 6.68. The largest absolute Gasteiger partial charge is 0.465 e. The lowest BCUT2D eigenvalue weighted by atomic mass is 10.1. The molecule has 0 amide bonds. The summed E-state index contributed by atoms with van der Waals surface area (Å²) >= 11 is 0. The Labute approximate surface area is 173 Å². The zero-order chi connectivity index (χ0) is 21.5. The van der Waals surface area contributed by atoms with Gasteiger partial charge >= 0.3 is 11.7 Å². The summed E-state index contributed by atoms with van der Waals surface area (Å²) in [7, 11) is 2.89. The second kappa shape index (κ2) is 9.94. The number of hydrogen-bond donors (Lipinski definition) is 1. The van der Waals surface area contributed by atoms with Crippen LogP contribution < -0.4 is 10.2 Å². The molecule has 3 rings (SSSR count). The van der Waals surface area contributed by atoms with E-state index < -0.39 is 10.9 Å². The van der Waals surface area contributed by atoms with E-state index in [0.29, 0.717) is 32.0 Å². The third kappa shape index (κ3) is 4.81.